The van der Waals surface area contributed by atoms with Crippen molar-refractivity contribution in [1.29, 1.82) is 0 Å². The highest BCUT2D eigenvalue weighted by Crippen LogP contribution is 2.13. The van der Waals surface area contributed by atoms with Gasteiger partial charge in [0.15, 0.2) is 5.82 Å². The lowest BCUT2D eigenvalue weighted by molar-refractivity contribution is -0.127. The molecule has 1 aliphatic heterocycles. The first-order valence-corrected chi connectivity index (χ1v) is 6.89. The maximum atomic E-state index is 12.2. The molecule has 1 aromatic carbocycles. The van der Waals surface area contributed by atoms with Crippen LogP contribution in [0, 0.1) is 0 Å². The SMILES string of the molecule is NC(=O)c1nnc2n1CCN(C(=O)/C=C/c1ccccc1)C2. The lowest BCUT2D eigenvalue weighted by atomic mass is 10.2. The van der Waals surface area contributed by atoms with Gasteiger partial charge in [-0.15, -0.1) is 10.2 Å². The van der Waals surface area contributed by atoms with Crippen molar-refractivity contribution in [3.05, 3.63) is 53.6 Å². The molecule has 1 aromatic heterocycles. The molecule has 7 heteroatoms. The maximum Gasteiger partial charge on any atom is 0.286 e. The van der Waals surface area contributed by atoms with Crippen LogP contribution in [-0.2, 0) is 17.9 Å². The monoisotopic (exact) mass is 297 g/mol. The number of carbonyl (C=O) groups is 2. The van der Waals surface area contributed by atoms with Crippen LogP contribution in [-0.4, -0.2) is 38.0 Å². The fraction of sp³-hybridized carbons (Fsp3) is 0.200. The van der Waals surface area contributed by atoms with Crippen molar-refractivity contribution in [3.63, 3.8) is 0 Å². The third-order valence-electron chi connectivity index (χ3n) is 3.50. The molecule has 2 amide bonds. The molecule has 3 rings (SSSR count). The van der Waals surface area contributed by atoms with Crippen molar-refractivity contribution >= 4 is 17.9 Å². The van der Waals surface area contributed by atoms with Gasteiger partial charge in [-0.1, -0.05) is 30.3 Å². The molecule has 7 nitrogen and oxygen atoms in total. The predicted molar refractivity (Wildman–Crippen MR) is 79.4 cm³/mol. The van der Waals surface area contributed by atoms with Crippen molar-refractivity contribution < 1.29 is 9.59 Å². The summed E-state index contributed by atoms with van der Waals surface area (Å²) in [4.78, 5) is 25.1. The van der Waals surface area contributed by atoms with Gasteiger partial charge < -0.3 is 15.2 Å². The number of fused-ring (bicyclic) bond motifs is 1. The summed E-state index contributed by atoms with van der Waals surface area (Å²) >= 11 is 0. The summed E-state index contributed by atoms with van der Waals surface area (Å²) in [5.74, 6) is 0.00432. The van der Waals surface area contributed by atoms with E-state index in [-0.39, 0.29) is 11.7 Å². The second-order valence-corrected chi connectivity index (χ2v) is 4.96. The van der Waals surface area contributed by atoms with Crippen molar-refractivity contribution in [2.45, 2.75) is 13.1 Å². The highest BCUT2D eigenvalue weighted by Gasteiger charge is 2.24. The lowest BCUT2D eigenvalue weighted by Crippen LogP contribution is -2.38. The van der Waals surface area contributed by atoms with Crippen molar-refractivity contribution in [2.24, 2.45) is 5.73 Å². The van der Waals surface area contributed by atoms with Crippen LogP contribution in [0.4, 0.5) is 0 Å². The molecule has 2 heterocycles. The zero-order chi connectivity index (χ0) is 15.5. The zero-order valence-corrected chi connectivity index (χ0v) is 11.8. The van der Waals surface area contributed by atoms with E-state index in [4.69, 9.17) is 5.73 Å². The molecule has 0 spiro atoms. The van der Waals surface area contributed by atoms with Crippen LogP contribution >= 0.6 is 0 Å². The summed E-state index contributed by atoms with van der Waals surface area (Å²) in [6.07, 6.45) is 3.31. The molecule has 0 radical (unpaired) electrons. The van der Waals surface area contributed by atoms with E-state index in [0.29, 0.717) is 25.5 Å². The molecule has 0 fully saturated rings. The van der Waals surface area contributed by atoms with Crippen LogP contribution in [0.5, 0.6) is 0 Å². The van der Waals surface area contributed by atoms with Gasteiger partial charge in [-0.3, -0.25) is 9.59 Å². The Bertz CT molecular complexity index is 736. The fourth-order valence-corrected chi connectivity index (χ4v) is 2.37. The molecule has 2 aromatic rings. The van der Waals surface area contributed by atoms with Crippen LogP contribution in [0.2, 0.25) is 0 Å². The standard InChI is InChI=1S/C15H15N5O2/c16-14(22)15-18-17-12-10-19(8-9-20(12)15)13(21)7-6-11-4-2-1-3-5-11/h1-7H,8-10H2,(H2,16,22)/b7-6+. The molecule has 0 aliphatic carbocycles. The second kappa shape index (κ2) is 5.80. The van der Waals surface area contributed by atoms with Crippen molar-refractivity contribution in [1.82, 2.24) is 19.7 Å². The van der Waals surface area contributed by atoms with E-state index in [2.05, 4.69) is 10.2 Å². The quantitative estimate of drug-likeness (QED) is 0.831. The number of amides is 2. The summed E-state index contributed by atoms with van der Waals surface area (Å²) in [6.45, 7) is 1.27. The minimum atomic E-state index is -0.609. The Hall–Kier alpha value is -2.96. The Morgan fingerprint density at radius 1 is 1.14 bits per heavy atom. The topological polar surface area (TPSA) is 94.1 Å². The second-order valence-electron chi connectivity index (χ2n) is 4.96. The molecule has 0 atom stereocenters. The van der Waals surface area contributed by atoms with E-state index in [1.165, 1.54) is 6.08 Å². The van der Waals surface area contributed by atoms with Crippen molar-refractivity contribution in [2.75, 3.05) is 6.54 Å². The number of aromatic nitrogens is 3. The third kappa shape index (κ3) is 2.73. The molecular weight excluding hydrogens is 282 g/mol. The number of hydrogen-bond donors (Lipinski definition) is 1. The average molecular weight is 297 g/mol. The number of nitrogens with zero attached hydrogens (tertiary/aromatic N) is 4. The van der Waals surface area contributed by atoms with E-state index in [9.17, 15) is 9.59 Å². The Labute approximate surface area is 127 Å². The highest BCUT2D eigenvalue weighted by atomic mass is 16.2. The van der Waals surface area contributed by atoms with Gasteiger partial charge in [0.1, 0.15) is 0 Å². The van der Waals surface area contributed by atoms with E-state index in [1.807, 2.05) is 30.3 Å². The number of benzene rings is 1. The highest BCUT2D eigenvalue weighted by molar-refractivity contribution is 5.92. The molecular formula is C15H15N5O2. The Balaban J connectivity index is 1.71. The van der Waals surface area contributed by atoms with Gasteiger partial charge in [-0.05, 0) is 11.6 Å². The molecule has 2 N–H and O–H groups in total. The molecule has 0 bridgehead atoms. The van der Waals surface area contributed by atoms with Gasteiger partial charge in [-0.2, -0.15) is 0 Å². The Morgan fingerprint density at radius 3 is 2.64 bits per heavy atom. The van der Waals surface area contributed by atoms with Crippen LogP contribution in [0.15, 0.2) is 36.4 Å². The van der Waals surface area contributed by atoms with Gasteiger partial charge in [0.25, 0.3) is 5.91 Å². The average Bonchev–Trinajstić information content (AvgIpc) is 2.97. The van der Waals surface area contributed by atoms with Crippen LogP contribution in [0.3, 0.4) is 0 Å². The first-order chi connectivity index (χ1) is 10.6. The number of nitrogens with two attached hydrogens (primary N) is 1. The summed E-state index contributed by atoms with van der Waals surface area (Å²) in [7, 11) is 0. The van der Waals surface area contributed by atoms with E-state index < -0.39 is 5.91 Å². The molecule has 1 aliphatic rings. The summed E-state index contributed by atoms with van der Waals surface area (Å²) in [5, 5.41) is 7.69. The summed E-state index contributed by atoms with van der Waals surface area (Å²) in [6, 6.07) is 9.61. The van der Waals surface area contributed by atoms with E-state index >= 15 is 0 Å². The third-order valence-corrected chi connectivity index (χ3v) is 3.50. The van der Waals surface area contributed by atoms with Crippen LogP contribution < -0.4 is 5.73 Å². The first kappa shape index (κ1) is 14.0. The largest absolute Gasteiger partial charge is 0.363 e. The molecule has 0 saturated heterocycles. The van der Waals surface area contributed by atoms with Crippen LogP contribution in [0.1, 0.15) is 22.0 Å². The normalized spacial score (nSPS) is 14.1. The lowest BCUT2D eigenvalue weighted by Gasteiger charge is -2.26. The Kier molecular flexibility index (Phi) is 3.69. The van der Waals surface area contributed by atoms with Gasteiger partial charge in [0.05, 0.1) is 6.54 Å². The minimum absolute atomic E-state index is 0.0984. The zero-order valence-electron chi connectivity index (χ0n) is 11.8. The van der Waals surface area contributed by atoms with Gasteiger partial charge in [0.2, 0.25) is 11.7 Å². The molecule has 0 unspecified atom stereocenters. The summed E-state index contributed by atoms with van der Waals surface area (Å²) in [5.41, 5.74) is 6.20. The van der Waals surface area contributed by atoms with Crippen LogP contribution in [0.25, 0.3) is 6.08 Å². The van der Waals surface area contributed by atoms with Gasteiger partial charge in [-0.25, -0.2) is 0 Å². The number of rotatable bonds is 3. The smallest absolute Gasteiger partial charge is 0.286 e. The number of primary amides is 1. The molecule has 22 heavy (non-hydrogen) atoms. The minimum Gasteiger partial charge on any atom is -0.363 e. The predicted octanol–water partition coefficient (Wildman–Crippen LogP) is 0.433. The van der Waals surface area contributed by atoms with Crippen molar-refractivity contribution in [3.8, 4) is 0 Å². The van der Waals surface area contributed by atoms with Gasteiger partial charge in [0, 0.05) is 19.2 Å². The number of hydrogen-bond acceptors (Lipinski definition) is 4. The van der Waals surface area contributed by atoms with Gasteiger partial charge >= 0.3 is 0 Å². The molecule has 112 valence electrons. The molecule has 0 saturated carbocycles. The first-order valence-electron chi connectivity index (χ1n) is 6.89. The summed E-state index contributed by atoms with van der Waals surface area (Å²) < 4.78 is 1.66. The van der Waals surface area contributed by atoms with E-state index in [0.717, 1.165) is 5.56 Å². The van der Waals surface area contributed by atoms with E-state index in [1.54, 1.807) is 15.5 Å². The fourth-order valence-electron chi connectivity index (χ4n) is 2.37. The maximum absolute atomic E-state index is 12.2. The number of carbonyl (C=O) groups excluding carboxylic acids is 2. The Morgan fingerprint density at radius 2 is 1.91 bits per heavy atom.